The van der Waals surface area contributed by atoms with Crippen LogP contribution in [0.3, 0.4) is 0 Å². The van der Waals surface area contributed by atoms with E-state index in [1.54, 1.807) is 0 Å². The molecule has 0 aliphatic carbocycles. The minimum Gasteiger partial charge on any atom is -0.480 e. The van der Waals surface area contributed by atoms with Gasteiger partial charge in [-0.05, 0) is 29.9 Å². The van der Waals surface area contributed by atoms with Gasteiger partial charge >= 0.3 is 5.97 Å². The molecule has 1 aromatic carbocycles. The number of hydrogen-bond acceptors (Lipinski definition) is 3. The van der Waals surface area contributed by atoms with Gasteiger partial charge in [-0.1, -0.05) is 38.1 Å². The summed E-state index contributed by atoms with van der Waals surface area (Å²) in [6, 6.07) is 7.07. The Kier molecular flexibility index (Phi) is 5.55. The maximum absolute atomic E-state index is 12.2. The van der Waals surface area contributed by atoms with Crippen molar-refractivity contribution < 1.29 is 19.4 Å². The van der Waals surface area contributed by atoms with Crippen molar-refractivity contribution >= 4 is 11.9 Å². The zero-order chi connectivity index (χ0) is 16.1. The number of rotatable bonds is 6. The number of ether oxygens (including phenoxy) is 1. The van der Waals surface area contributed by atoms with Crippen LogP contribution in [-0.4, -0.2) is 29.6 Å². The average Bonchev–Trinajstić information content (AvgIpc) is 2.46. The highest BCUT2D eigenvalue weighted by atomic mass is 16.5. The van der Waals surface area contributed by atoms with Gasteiger partial charge in [0.2, 0.25) is 5.91 Å². The van der Waals surface area contributed by atoms with Gasteiger partial charge in [-0.2, -0.15) is 0 Å². The summed E-state index contributed by atoms with van der Waals surface area (Å²) in [5, 5.41) is 11.8. The average molecular weight is 305 g/mol. The number of carboxylic acids is 1. The molecular formula is C17H23NO4. The van der Waals surface area contributed by atoms with Crippen LogP contribution in [0.2, 0.25) is 0 Å². The number of nitrogens with one attached hydrogen (secondary N) is 1. The minimum atomic E-state index is -0.994. The summed E-state index contributed by atoms with van der Waals surface area (Å²) in [4.78, 5) is 23.4. The smallest absolute Gasteiger partial charge is 0.326 e. The van der Waals surface area contributed by atoms with Gasteiger partial charge in [-0.25, -0.2) is 4.79 Å². The summed E-state index contributed by atoms with van der Waals surface area (Å²) in [6.07, 6.45) is 1.13. The van der Waals surface area contributed by atoms with Gasteiger partial charge in [0.1, 0.15) is 6.04 Å². The van der Waals surface area contributed by atoms with E-state index in [9.17, 15) is 14.7 Å². The molecule has 1 aliphatic rings. The van der Waals surface area contributed by atoms with Crippen LogP contribution < -0.4 is 5.32 Å². The molecule has 0 bridgehead atoms. The normalized spacial score (nSPS) is 18.6. The molecule has 1 aromatic rings. The summed E-state index contributed by atoms with van der Waals surface area (Å²) in [5.41, 5.74) is 2.23. The third kappa shape index (κ3) is 4.31. The molecule has 1 unspecified atom stereocenters. The molecule has 0 fully saturated rings. The lowest BCUT2D eigenvalue weighted by Gasteiger charge is -2.26. The molecule has 1 heterocycles. The lowest BCUT2D eigenvalue weighted by atomic mass is 9.95. The first-order chi connectivity index (χ1) is 10.5. The Hall–Kier alpha value is -1.88. The number of hydrogen-bond donors (Lipinski definition) is 2. The van der Waals surface area contributed by atoms with Crippen LogP contribution in [-0.2, 0) is 20.7 Å². The Morgan fingerprint density at radius 3 is 2.77 bits per heavy atom. The van der Waals surface area contributed by atoms with Crippen LogP contribution in [0.5, 0.6) is 0 Å². The van der Waals surface area contributed by atoms with Gasteiger partial charge < -0.3 is 15.2 Å². The van der Waals surface area contributed by atoms with Crippen molar-refractivity contribution in [2.45, 2.75) is 45.3 Å². The van der Waals surface area contributed by atoms with Gasteiger partial charge in [0.05, 0.1) is 19.1 Å². The Morgan fingerprint density at radius 2 is 2.09 bits per heavy atom. The van der Waals surface area contributed by atoms with Crippen molar-refractivity contribution in [2.75, 3.05) is 6.61 Å². The number of aliphatic carboxylic acids is 1. The van der Waals surface area contributed by atoms with E-state index in [-0.39, 0.29) is 24.3 Å². The van der Waals surface area contributed by atoms with Gasteiger partial charge in [0.25, 0.3) is 0 Å². The lowest BCUT2D eigenvalue weighted by molar-refractivity contribution is -0.142. The third-order valence-corrected chi connectivity index (χ3v) is 3.80. The number of fused-ring (bicyclic) bond motifs is 1. The second-order valence-electron chi connectivity index (χ2n) is 6.10. The summed E-state index contributed by atoms with van der Waals surface area (Å²) >= 11 is 0. The van der Waals surface area contributed by atoms with Crippen LogP contribution in [0, 0.1) is 5.92 Å². The Labute approximate surface area is 130 Å². The van der Waals surface area contributed by atoms with E-state index >= 15 is 0 Å². The Balaban J connectivity index is 1.99. The zero-order valence-corrected chi connectivity index (χ0v) is 13.0. The molecule has 0 aromatic heterocycles. The first kappa shape index (κ1) is 16.5. The number of amides is 1. The molecule has 2 rings (SSSR count). The highest BCUT2D eigenvalue weighted by Crippen LogP contribution is 2.29. The van der Waals surface area contributed by atoms with Crippen LogP contribution in [0.25, 0.3) is 0 Å². The van der Waals surface area contributed by atoms with Crippen molar-refractivity contribution in [2.24, 2.45) is 5.92 Å². The van der Waals surface area contributed by atoms with Crippen molar-refractivity contribution in [1.29, 1.82) is 0 Å². The molecule has 5 nitrogen and oxygen atoms in total. The van der Waals surface area contributed by atoms with Gasteiger partial charge in [-0.3, -0.25) is 4.79 Å². The maximum Gasteiger partial charge on any atom is 0.326 e. The summed E-state index contributed by atoms with van der Waals surface area (Å²) in [7, 11) is 0. The molecule has 1 aliphatic heterocycles. The molecule has 0 saturated heterocycles. The van der Waals surface area contributed by atoms with Crippen molar-refractivity contribution in [3.05, 3.63) is 35.4 Å². The highest BCUT2D eigenvalue weighted by Gasteiger charge is 2.26. The number of carbonyl (C=O) groups excluding carboxylic acids is 1. The van der Waals surface area contributed by atoms with E-state index < -0.39 is 12.0 Å². The zero-order valence-electron chi connectivity index (χ0n) is 13.0. The molecule has 0 radical (unpaired) electrons. The van der Waals surface area contributed by atoms with Gasteiger partial charge in [0.15, 0.2) is 0 Å². The summed E-state index contributed by atoms with van der Waals surface area (Å²) < 4.78 is 5.69. The predicted molar refractivity (Wildman–Crippen MR) is 82.5 cm³/mol. The summed E-state index contributed by atoms with van der Waals surface area (Å²) in [5.74, 6) is -1.07. The quantitative estimate of drug-likeness (QED) is 0.845. The molecule has 0 saturated carbocycles. The van der Waals surface area contributed by atoms with Crippen molar-refractivity contribution in [3.63, 3.8) is 0 Å². The van der Waals surface area contributed by atoms with Crippen LogP contribution in [0.4, 0.5) is 0 Å². The molecule has 1 amide bonds. The molecule has 5 heteroatoms. The van der Waals surface area contributed by atoms with E-state index in [0.29, 0.717) is 13.0 Å². The molecule has 120 valence electrons. The van der Waals surface area contributed by atoms with Crippen LogP contribution in [0.15, 0.2) is 24.3 Å². The minimum absolute atomic E-state index is 0.152. The Morgan fingerprint density at radius 1 is 1.36 bits per heavy atom. The number of benzene rings is 1. The molecular weight excluding hydrogens is 282 g/mol. The standard InChI is InChI=1S/C17H23NO4/c1-11(2)9-14(17(20)21)18-16(19)10-15-13-6-4-3-5-12(13)7-8-22-15/h3-6,11,14-15H,7-10H2,1-2H3,(H,18,19)(H,20,21)/t14-,15?/m0/s1. The molecule has 2 N–H and O–H groups in total. The molecule has 0 spiro atoms. The van der Waals surface area contributed by atoms with E-state index in [1.807, 2.05) is 38.1 Å². The van der Waals surface area contributed by atoms with Crippen molar-refractivity contribution in [3.8, 4) is 0 Å². The maximum atomic E-state index is 12.2. The summed E-state index contributed by atoms with van der Waals surface area (Å²) in [6.45, 7) is 4.45. The van der Waals surface area contributed by atoms with E-state index in [4.69, 9.17) is 4.74 Å². The van der Waals surface area contributed by atoms with Crippen LogP contribution in [0.1, 0.15) is 43.9 Å². The second-order valence-corrected chi connectivity index (χ2v) is 6.10. The second kappa shape index (κ2) is 7.40. The SMILES string of the molecule is CC(C)C[C@H](NC(=O)CC1OCCc2ccccc21)C(=O)O. The van der Waals surface area contributed by atoms with Gasteiger partial charge in [-0.15, -0.1) is 0 Å². The van der Waals surface area contributed by atoms with E-state index in [2.05, 4.69) is 5.32 Å². The third-order valence-electron chi connectivity index (χ3n) is 3.80. The number of carbonyl (C=O) groups is 2. The fourth-order valence-electron chi connectivity index (χ4n) is 2.76. The van der Waals surface area contributed by atoms with Crippen LogP contribution >= 0.6 is 0 Å². The monoisotopic (exact) mass is 305 g/mol. The van der Waals surface area contributed by atoms with E-state index in [1.165, 1.54) is 5.56 Å². The molecule has 2 atom stereocenters. The first-order valence-corrected chi connectivity index (χ1v) is 7.69. The van der Waals surface area contributed by atoms with E-state index in [0.717, 1.165) is 12.0 Å². The number of carboxylic acid groups (broad SMARTS) is 1. The van der Waals surface area contributed by atoms with Gasteiger partial charge in [0, 0.05) is 0 Å². The van der Waals surface area contributed by atoms with Crippen molar-refractivity contribution in [1.82, 2.24) is 5.32 Å². The predicted octanol–water partition coefficient (Wildman–Crippen LogP) is 2.31. The fraction of sp³-hybridized carbons (Fsp3) is 0.529. The molecule has 22 heavy (non-hydrogen) atoms. The highest BCUT2D eigenvalue weighted by molar-refractivity contribution is 5.83. The lowest BCUT2D eigenvalue weighted by Crippen LogP contribution is -2.42. The first-order valence-electron chi connectivity index (χ1n) is 7.69. The fourth-order valence-corrected chi connectivity index (χ4v) is 2.76. The largest absolute Gasteiger partial charge is 0.480 e. The topological polar surface area (TPSA) is 75.6 Å². The Bertz CT molecular complexity index is 541.